The Hall–Kier alpha value is -3.13. The molecule has 1 N–H and O–H groups in total. The second kappa shape index (κ2) is 9.79. The molecule has 1 saturated carbocycles. The van der Waals surface area contributed by atoms with Gasteiger partial charge in [-0.25, -0.2) is 0 Å². The van der Waals surface area contributed by atoms with Crippen molar-refractivity contribution in [3.8, 4) is 11.5 Å². The number of carbonyl (C=O) groups excluding carboxylic acids is 2. The lowest BCUT2D eigenvalue weighted by Gasteiger charge is -2.40. The highest BCUT2D eigenvalue weighted by atomic mass is 16.7. The number of benzene rings is 1. The van der Waals surface area contributed by atoms with E-state index in [0.29, 0.717) is 55.7 Å². The van der Waals surface area contributed by atoms with Crippen LogP contribution in [0.25, 0.3) is 0 Å². The summed E-state index contributed by atoms with van der Waals surface area (Å²) in [4.78, 5) is 34.8. The van der Waals surface area contributed by atoms with E-state index in [1.165, 1.54) is 12.8 Å². The molecule has 2 fully saturated rings. The second-order valence-electron chi connectivity index (χ2n) is 8.92. The summed E-state index contributed by atoms with van der Waals surface area (Å²) >= 11 is 0. The Bertz CT molecular complexity index is 985. The normalized spacial score (nSPS) is 19.5. The minimum absolute atomic E-state index is 0.00929. The molecule has 2 amide bonds. The van der Waals surface area contributed by atoms with Gasteiger partial charge in [0.2, 0.25) is 12.7 Å². The molecule has 2 aliphatic heterocycles. The maximum atomic E-state index is 13.3. The van der Waals surface area contributed by atoms with Gasteiger partial charge in [0.1, 0.15) is 0 Å². The van der Waals surface area contributed by atoms with E-state index in [1.807, 2.05) is 23.1 Å². The maximum absolute atomic E-state index is 13.3. The standard InChI is InChI=1S/C25H30N4O4/c30-24(27-16-20-7-3-4-10-26-20)23(18-5-1-2-6-18)28-11-13-29(14-12-28)25(31)19-8-9-21-22(15-19)33-17-32-21/h3-4,7-10,15,18,23H,1-2,5-6,11-14,16-17H2,(H,27,30). The highest BCUT2D eigenvalue weighted by Gasteiger charge is 2.37. The number of hydrogen-bond acceptors (Lipinski definition) is 6. The quantitative estimate of drug-likeness (QED) is 0.728. The summed E-state index contributed by atoms with van der Waals surface area (Å²) in [6.07, 6.45) is 6.26. The van der Waals surface area contributed by atoms with Gasteiger partial charge in [-0.2, -0.15) is 0 Å². The summed E-state index contributed by atoms with van der Waals surface area (Å²) in [6.45, 7) is 3.21. The molecular weight excluding hydrogens is 420 g/mol. The van der Waals surface area contributed by atoms with Gasteiger partial charge in [0.25, 0.3) is 5.91 Å². The molecule has 1 unspecified atom stereocenters. The predicted octanol–water partition coefficient (Wildman–Crippen LogP) is 2.44. The van der Waals surface area contributed by atoms with Crippen molar-refractivity contribution in [2.45, 2.75) is 38.3 Å². The van der Waals surface area contributed by atoms with Gasteiger partial charge in [0.15, 0.2) is 11.5 Å². The first-order valence-corrected chi connectivity index (χ1v) is 11.8. The topological polar surface area (TPSA) is 84.0 Å². The van der Waals surface area contributed by atoms with E-state index in [0.717, 1.165) is 18.5 Å². The van der Waals surface area contributed by atoms with Crippen molar-refractivity contribution in [1.82, 2.24) is 20.1 Å². The van der Waals surface area contributed by atoms with Crippen LogP contribution in [0.15, 0.2) is 42.6 Å². The Kier molecular flexibility index (Phi) is 6.44. The van der Waals surface area contributed by atoms with Crippen molar-refractivity contribution in [2.75, 3.05) is 33.0 Å². The molecule has 1 saturated heterocycles. The fourth-order valence-corrected chi connectivity index (χ4v) is 5.15. The van der Waals surface area contributed by atoms with Gasteiger partial charge in [-0.3, -0.25) is 19.5 Å². The summed E-state index contributed by atoms with van der Waals surface area (Å²) in [6, 6.07) is 10.9. The SMILES string of the molecule is O=C(NCc1ccccn1)C(C1CCCC1)N1CCN(C(=O)c2ccc3c(c2)OCO3)CC1. The predicted molar refractivity (Wildman–Crippen MR) is 122 cm³/mol. The van der Waals surface area contributed by atoms with Gasteiger partial charge in [0.05, 0.1) is 18.3 Å². The Balaban J connectivity index is 1.22. The first-order valence-electron chi connectivity index (χ1n) is 11.8. The van der Waals surface area contributed by atoms with E-state index >= 15 is 0 Å². The lowest BCUT2D eigenvalue weighted by Crippen LogP contribution is -2.57. The Morgan fingerprint density at radius 2 is 1.82 bits per heavy atom. The molecule has 5 rings (SSSR count). The monoisotopic (exact) mass is 450 g/mol. The van der Waals surface area contributed by atoms with Crippen LogP contribution in [0.1, 0.15) is 41.7 Å². The summed E-state index contributed by atoms with van der Waals surface area (Å²) in [5, 5.41) is 3.11. The Morgan fingerprint density at radius 3 is 2.58 bits per heavy atom. The third-order valence-corrected chi connectivity index (χ3v) is 6.90. The van der Waals surface area contributed by atoms with Crippen LogP contribution in [0, 0.1) is 5.92 Å². The number of nitrogens with one attached hydrogen (secondary N) is 1. The smallest absolute Gasteiger partial charge is 0.254 e. The zero-order valence-electron chi connectivity index (χ0n) is 18.7. The molecule has 8 nitrogen and oxygen atoms in total. The Morgan fingerprint density at radius 1 is 1.03 bits per heavy atom. The number of amides is 2. The number of hydrogen-bond donors (Lipinski definition) is 1. The molecule has 8 heteroatoms. The number of rotatable bonds is 6. The van der Waals surface area contributed by atoms with Crippen LogP contribution in [0.4, 0.5) is 0 Å². The van der Waals surface area contributed by atoms with Crippen molar-refractivity contribution in [3.05, 3.63) is 53.9 Å². The molecule has 3 heterocycles. The first-order chi connectivity index (χ1) is 16.2. The fourth-order valence-electron chi connectivity index (χ4n) is 5.15. The maximum Gasteiger partial charge on any atom is 0.254 e. The van der Waals surface area contributed by atoms with Crippen molar-refractivity contribution in [2.24, 2.45) is 5.92 Å². The van der Waals surface area contributed by atoms with Crippen LogP contribution in [-0.2, 0) is 11.3 Å². The molecule has 1 aromatic heterocycles. The number of piperazine rings is 1. The molecule has 1 aromatic carbocycles. The molecule has 1 atom stereocenters. The zero-order valence-corrected chi connectivity index (χ0v) is 18.7. The summed E-state index contributed by atoms with van der Waals surface area (Å²) < 4.78 is 10.8. The fraction of sp³-hybridized carbons (Fsp3) is 0.480. The molecule has 3 aliphatic rings. The average molecular weight is 451 g/mol. The number of fused-ring (bicyclic) bond motifs is 1. The number of aromatic nitrogens is 1. The van der Waals surface area contributed by atoms with Crippen LogP contribution in [0.2, 0.25) is 0 Å². The second-order valence-corrected chi connectivity index (χ2v) is 8.92. The molecule has 33 heavy (non-hydrogen) atoms. The minimum atomic E-state index is -0.154. The van der Waals surface area contributed by atoms with Gasteiger partial charge in [-0.15, -0.1) is 0 Å². The third-order valence-electron chi connectivity index (χ3n) is 6.90. The lowest BCUT2D eigenvalue weighted by molar-refractivity contribution is -0.129. The van der Waals surface area contributed by atoms with E-state index in [2.05, 4.69) is 15.2 Å². The minimum Gasteiger partial charge on any atom is -0.454 e. The van der Waals surface area contributed by atoms with Gasteiger partial charge < -0.3 is 19.7 Å². The highest BCUT2D eigenvalue weighted by Crippen LogP contribution is 2.33. The van der Waals surface area contributed by atoms with Crippen LogP contribution in [0.5, 0.6) is 11.5 Å². The van der Waals surface area contributed by atoms with Gasteiger partial charge >= 0.3 is 0 Å². The van der Waals surface area contributed by atoms with Crippen LogP contribution in [0.3, 0.4) is 0 Å². The summed E-state index contributed by atoms with van der Waals surface area (Å²) in [7, 11) is 0. The molecule has 0 bridgehead atoms. The lowest BCUT2D eigenvalue weighted by atomic mass is 9.95. The largest absolute Gasteiger partial charge is 0.454 e. The Labute approximate surface area is 193 Å². The molecular formula is C25H30N4O4. The number of carbonyl (C=O) groups is 2. The van der Waals surface area contributed by atoms with Crippen molar-refractivity contribution < 1.29 is 19.1 Å². The molecule has 0 spiro atoms. The van der Waals surface area contributed by atoms with Crippen molar-refractivity contribution in [3.63, 3.8) is 0 Å². The van der Waals surface area contributed by atoms with Crippen LogP contribution >= 0.6 is 0 Å². The van der Waals surface area contributed by atoms with Crippen LogP contribution in [-0.4, -0.2) is 65.6 Å². The summed E-state index contributed by atoms with van der Waals surface area (Å²) in [5.41, 5.74) is 1.46. The van der Waals surface area contributed by atoms with Crippen molar-refractivity contribution in [1.29, 1.82) is 0 Å². The number of nitrogens with zero attached hydrogens (tertiary/aromatic N) is 3. The number of ether oxygens (including phenoxy) is 2. The summed E-state index contributed by atoms with van der Waals surface area (Å²) in [5.74, 6) is 1.72. The van der Waals surface area contributed by atoms with E-state index < -0.39 is 0 Å². The molecule has 174 valence electrons. The van der Waals surface area contributed by atoms with E-state index in [9.17, 15) is 9.59 Å². The van der Waals surface area contributed by atoms with Gasteiger partial charge in [0, 0.05) is 37.9 Å². The molecule has 0 radical (unpaired) electrons. The zero-order chi connectivity index (χ0) is 22.6. The highest BCUT2D eigenvalue weighted by molar-refractivity contribution is 5.95. The van der Waals surface area contributed by atoms with Gasteiger partial charge in [-0.1, -0.05) is 18.9 Å². The van der Waals surface area contributed by atoms with E-state index in [-0.39, 0.29) is 24.6 Å². The van der Waals surface area contributed by atoms with E-state index in [1.54, 1.807) is 24.4 Å². The van der Waals surface area contributed by atoms with Crippen LogP contribution < -0.4 is 14.8 Å². The molecule has 1 aliphatic carbocycles. The number of pyridine rings is 1. The van der Waals surface area contributed by atoms with Gasteiger partial charge in [-0.05, 0) is 49.1 Å². The average Bonchev–Trinajstić information content (AvgIpc) is 3.55. The van der Waals surface area contributed by atoms with Crippen molar-refractivity contribution >= 4 is 11.8 Å². The van der Waals surface area contributed by atoms with E-state index in [4.69, 9.17) is 9.47 Å². The third kappa shape index (κ3) is 4.80. The molecule has 2 aromatic rings. The first kappa shape index (κ1) is 21.7.